The van der Waals surface area contributed by atoms with Crippen molar-refractivity contribution in [1.82, 2.24) is 19.6 Å². The van der Waals surface area contributed by atoms with Gasteiger partial charge in [0.25, 0.3) is 0 Å². The summed E-state index contributed by atoms with van der Waals surface area (Å²) in [4.78, 5) is 23.1. The van der Waals surface area contributed by atoms with Crippen molar-refractivity contribution in [2.45, 2.75) is 25.7 Å². The minimum Gasteiger partial charge on any atom is -0.437 e. The molecule has 0 aliphatic carbocycles. The third-order valence-electron chi connectivity index (χ3n) is 7.01. The van der Waals surface area contributed by atoms with Crippen molar-refractivity contribution >= 4 is 32.5 Å². The number of rotatable bonds is 3. The number of nitrogens with zero attached hydrogens (tertiary/aromatic N) is 4. The second-order valence-corrected chi connectivity index (χ2v) is 10.5. The molecule has 8 heteroatoms. The van der Waals surface area contributed by atoms with Crippen molar-refractivity contribution in [3.63, 3.8) is 0 Å². The SMILES string of the molecule is CC(C)c1ccc(C2c3c(c4ccccc4oc3=O)Oc3ncn4nc(-c5ccccc5Br)nc4c32)cc1. The number of benzene rings is 3. The van der Waals surface area contributed by atoms with Gasteiger partial charge in [0.15, 0.2) is 17.2 Å². The van der Waals surface area contributed by atoms with Crippen LogP contribution in [0.3, 0.4) is 0 Å². The van der Waals surface area contributed by atoms with E-state index < -0.39 is 11.5 Å². The average molecular weight is 565 g/mol. The number of ether oxygens (including phenoxy) is 1. The normalized spacial score (nSPS) is 14.5. The standard InChI is InChI=1S/C30H21BrN4O3/c1-16(2)17-11-13-18(14-12-17)23-24-26(20-8-4-6-10-22(20)37-30(24)36)38-29-25(23)28-33-27(34-35(28)15-32-29)19-7-3-5-9-21(19)31/h3-16,23H,1-2H3. The Hall–Kier alpha value is -4.30. The van der Waals surface area contributed by atoms with E-state index in [0.29, 0.717) is 51.1 Å². The molecule has 0 amide bonds. The lowest BCUT2D eigenvalue weighted by Crippen LogP contribution is -2.22. The van der Waals surface area contributed by atoms with Crippen LogP contribution in [-0.2, 0) is 0 Å². The third-order valence-corrected chi connectivity index (χ3v) is 7.70. The third kappa shape index (κ3) is 3.48. The van der Waals surface area contributed by atoms with Crippen LogP contribution < -0.4 is 10.4 Å². The molecule has 0 radical (unpaired) electrons. The predicted octanol–water partition coefficient (Wildman–Crippen LogP) is 7.07. The van der Waals surface area contributed by atoms with Gasteiger partial charge in [0.05, 0.1) is 22.4 Å². The van der Waals surface area contributed by atoms with Crippen LogP contribution in [0.25, 0.3) is 28.0 Å². The lowest BCUT2D eigenvalue weighted by molar-refractivity contribution is 0.422. The first kappa shape index (κ1) is 22.9. The summed E-state index contributed by atoms with van der Waals surface area (Å²) in [7, 11) is 0. The Bertz CT molecular complexity index is 1930. The lowest BCUT2D eigenvalue weighted by atomic mass is 9.83. The fourth-order valence-electron chi connectivity index (χ4n) is 5.09. The van der Waals surface area contributed by atoms with E-state index in [1.165, 1.54) is 5.56 Å². The molecule has 7 nitrogen and oxygen atoms in total. The molecule has 0 saturated heterocycles. The molecule has 4 heterocycles. The Labute approximate surface area is 225 Å². The van der Waals surface area contributed by atoms with Gasteiger partial charge in [-0.2, -0.15) is 0 Å². The van der Waals surface area contributed by atoms with Gasteiger partial charge in [0.2, 0.25) is 5.88 Å². The zero-order valence-corrected chi connectivity index (χ0v) is 22.1. The highest BCUT2D eigenvalue weighted by molar-refractivity contribution is 9.10. The molecule has 1 unspecified atom stereocenters. The summed E-state index contributed by atoms with van der Waals surface area (Å²) in [6, 6.07) is 23.5. The molecule has 3 aromatic carbocycles. The van der Waals surface area contributed by atoms with E-state index in [1.54, 1.807) is 16.9 Å². The predicted molar refractivity (Wildman–Crippen MR) is 148 cm³/mol. The van der Waals surface area contributed by atoms with E-state index in [0.717, 1.165) is 15.6 Å². The van der Waals surface area contributed by atoms with Crippen LogP contribution in [-0.4, -0.2) is 19.6 Å². The highest BCUT2D eigenvalue weighted by Gasteiger charge is 2.37. The summed E-state index contributed by atoms with van der Waals surface area (Å²) in [5.41, 5.74) is 4.66. The number of halogens is 1. The van der Waals surface area contributed by atoms with Gasteiger partial charge in [-0.15, -0.1) is 5.10 Å². The minimum atomic E-state index is -0.511. The number of aromatic nitrogens is 4. The van der Waals surface area contributed by atoms with Gasteiger partial charge < -0.3 is 9.15 Å². The summed E-state index contributed by atoms with van der Waals surface area (Å²) >= 11 is 3.60. The molecule has 7 rings (SSSR count). The fraction of sp³-hybridized carbons (Fsp3) is 0.133. The van der Waals surface area contributed by atoms with Gasteiger partial charge >= 0.3 is 5.63 Å². The monoisotopic (exact) mass is 564 g/mol. The molecular formula is C30H21BrN4O3. The molecule has 1 atom stereocenters. The lowest BCUT2D eigenvalue weighted by Gasteiger charge is -2.27. The second-order valence-electron chi connectivity index (χ2n) is 9.63. The molecule has 1 aliphatic rings. The zero-order chi connectivity index (χ0) is 26.0. The molecule has 0 saturated carbocycles. The van der Waals surface area contributed by atoms with Crippen LogP contribution in [0.2, 0.25) is 0 Å². The van der Waals surface area contributed by atoms with E-state index in [-0.39, 0.29) is 0 Å². The zero-order valence-electron chi connectivity index (χ0n) is 20.6. The molecule has 1 aliphatic heterocycles. The van der Waals surface area contributed by atoms with Crippen molar-refractivity contribution in [1.29, 1.82) is 0 Å². The molecule has 38 heavy (non-hydrogen) atoms. The number of hydrogen-bond acceptors (Lipinski definition) is 6. The summed E-state index contributed by atoms with van der Waals surface area (Å²) in [5.74, 6) is 1.26. The summed E-state index contributed by atoms with van der Waals surface area (Å²) < 4.78 is 14.7. The van der Waals surface area contributed by atoms with Crippen LogP contribution in [0.4, 0.5) is 0 Å². The van der Waals surface area contributed by atoms with Crippen molar-refractivity contribution in [2.75, 3.05) is 0 Å². The van der Waals surface area contributed by atoms with Crippen molar-refractivity contribution in [2.24, 2.45) is 0 Å². The maximum Gasteiger partial charge on any atom is 0.344 e. The quantitative estimate of drug-likeness (QED) is 0.213. The van der Waals surface area contributed by atoms with Crippen molar-refractivity contribution in [3.05, 3.63) is 116 Å². The van der Waals surface area contributed by atoms with Crippen LogP contribution in [0, 0.1) is 0 Å². The van der Waals surface area contributed by atoms with E-state index in [4.69, 9.17) is 19.2 Å². The van der Waals surface area contributed by atoms with Crippen molar-refractivity contribution < 1.29 is 9.15 Å². The van der Waals surface area contributed by atoms with E-state index in [1.807, 2.05) is 42.5 Å². The smallest absolute Gasteiger partial charge is 0.344 e. The Morgan fingerprint density at radius 2 is 1.71 bits per heavy atom. The van der Waals surface area contributed by atoms with Crippen LogP contribution in [0.15, 0.2) is 92.8 Å². The number of hydrogen-bond donors (Lipinski definition) is 0. The molecule has 0 fully saturated rings. The van der Waals surface area contributed by atoms with E-state index in [2.05, 4.69) is 59.0 Å². The van der Waals surface area contributed by atoms with Crippen LogP contribution in [0.5, 0.6) is 11.6 Å². The Morgan fingerprint density at radius 1 is 0.947 bits per heavy atom. The maximum atomic E-state index is 13.5. The molecular weight excluding hydrogens is 544 g/mol. The first-order chi connectivity index (χ1) is 18.5. The largest absolute Gasteiger partial charge is 0.437 e. The van der Waals surface area contributed by atoms with Gasteiger partial charge in [-0.3, -0.25) is 0 Å². The second kappa shape index (κ2) is 8.63. The number of para-hydroxylation sites is 1. The van der Waals surface area contributed by atoms with Gasteiger partial charge in [-0.1, -0.05) is 78.3 Å². The highest BCUT2D eigenvalue weighted by atomic mass is 79.9. The average Bonchev–Trinajstić information content (AvgIpc) is 3.37. The van der Waals surface area contributed by atoms with Crippen molar-refractivity contribution in [3.8, 4) is 23.0 Å². The molecule has 0 N–H and O–H groups in total. The van der Waals surface area contributed by atoms with Gasteiger partial charge in [0.1, 0.15) is 11.9 Å². The first-order valence-electron chi connectivity index (χ1n) is 12.3. The minimum absolute atomic E-state index is 0.379. The molecule has 3 aromatic heterocycles. The summed E-state index contributed by atoms with van der Waals surface area (Å²) in [5, 5.41) is 5.42. The van der Waals surface area contributed by atoms with Crippen LogP contribution >= 0.6 is 15.9 Å². The van der Waals surface area contributed by atoms with Gasteiger partial charge in [-0.25, -0.2) is 19.3 Å². The van der Waals surface area contributed by atoms with E-state index in [9.17, 15) is 4.79 Å². The highest BCUT2D eigenvalue weighted by Crippen LogP contribution is 2.49. The molecule has 6 aromatic rings. The Kier molecular flexibility index (Phi) is 5.19. The van der Waals surface area contributed by atoms with Gasteiger partial charge in [0, 0.05) is 10.0 Å². The molecule has 186 valence electrons. The fourth-order valence-corrected chi connectivity index (χ4v) is 5.55. The Morgan fingerprint density at radius 3 is 2.50 bits per heavy atom. The van der Waals surface area contributed by atoms with Gasteiger partial charge in [-0.05, 0) is 41.3 Å². The topological polar surface area (TPSA) is 82.5 Å². The van der Waals surface area contributed by atoms with E-state index >= 15 is 0 Å². The first-order valence-corrected chi connectivity index (χ1v) is 13.1. The Balaban J connectivity index is 1.53. The molecule has 0 spiro atoms. The summed E-state index contributed by atoms with van der Waals surface area (Å²) in [6.07, 6.45) is 1.60. The summed E-state index contributed by atoms with van der Waals surface area (Å²) in [6.45, 7) is 4.31. The number of fused-ring (bicyclic) bond motifs is 6. The maximum absolute atomic E-state index is 13.5. The molecule has 0 bridgehead atoms. The van der Waals surface area contributed by atoms with Crippen LogP contribution in [0.1, 0.15) is 47.9 Å².